The number of hydrogen-bond donors (Lipinski definition) is 0. The zero-order valence-corrected chi connectivity index (χ0v) is 21.3. The minimum Gasteiger partial charge on any atom is -0.251 e. The molecule has 0 spiro atoms. The fraction of sp³-hybridized carbons (Fsp3) is 0.0909. The monoisotopic (exact) mass is 491 g/mol. The lowest BCUT2D eigenvalue weighted by atomic mass is 9.96. The minimum atomic E-state index is 0.703. The molecule has 0 bridgehead atoms. The molecule has 0 atom stereocenters. The molecule has 7 rings (SSSR count). The number of nitrogens with zero attached hydrogens (tertiary/aromatic N) is 5. The van der Waals surface area contributed by atoms with Crippen molar-refractivity contribution in [3.8, 4) is 33.6 Å². The van der Waals surface area contributed by atoms with Gasteiger partial charge < -0.3 is 0 Å². The largest absolute Gasteiger partial charge is 0.251 e. The second-order valence-electron chi connectivity index (χ2n) is 9.60. The molecule has 4 heterocycles. The maximum Gasteiger partial charge on any atom is 0.182 e. The van der Waals surface area contributed by atoms with Crippen LogP contribution in [0.3, 0.4) is 0 Å². The van der Waals surface area contributed by atoms with Gasteiger partial charge in [0.05, 0.1) is 11.0 Å². The summed E-state index contributed by atoms with van der Waals surface area (Å²) in [6, 6.07) is 33.6. The summed E-state index contributed by atoms with van der Waals surface area (Å²) in [4.78, 5) is 14.7. The van der Waals surface area contributed by atoms with Gasteiger partial charge in [0, 0.05) is 39.5 Å². The first kappa shape index (κ1) is 22.3. The van der Waals surface area contributed by atoms with Crippen molar-refractivity contribution < 1.29 is 0 Å². The molecule has 38 heavy (non-hydrogen) atoms. The summed E-state index contributed by atoms with van der Waals surface area (Å²) < 4.78 is 1.86. The summed E-state index contributed by atoms with van der Waals surface area (Å²) in [5.41, 5.74) is 10.3. The molecule has 0 aliphatic heterocycles. The molecular formula is C33H25N5. The Balaban J connectivity index is 1.36. The number of aryl methyl sites for hydroxylation is 2. The van der Waals surface area contributed by atoms with Gasteiger partial charge >= 0.3 is 0 Å². The second kappa shape index (κ2) is 8.89. The summed E-state index contributed by atoms with van der Waals surface area (Å²) in [7, 11) is 0. The maximum absolute atomic E-state index is 5.00. The molecule has 0 amide bonds. The van der Waals surface area contributed by atoms with Gasteiger partial charge in [0.1, 0.15) is 0 Å². The van der Waals surface area contributed by atoms with E-state index < -0.39 is 0 Å². The first-order valence-corrected chi connectivity index (χ1v) is 12.9. The van der Waals surface area contributed by atoms with E-state index in [1.807, 2.05) is 48.0 Å². The molecule has 0 saturated heterocycles. The molecule has 0 saturated carbocycles. The van der Waals surface area contributed by atoms with Crippen LogP contribution in [0.5, 0.6) is 0 Å². The normalized spacial score (nSPS) is 11.5. The van der Waals surface area contributed by atoms with E-state index >= 15 is 0 Å². The van der Waals surface area contributed by atoms with Crippen molar-refractivity contribution >= 4 is 27.5 Å². The Bertz CT molecular complexity index is 1970. The van der Waals surface area contributed by atoms with Gasteiger partial charge in [-0.05, 0) is 60.4 Å². The zero-order chi connectivity index (χ0) is 25.6. The lowest BCUT2D eigenvalue weighted by molar-refractivity contribution is 0.967. The van der Waals surface area contributed by atoms with Crippen molar-refractivity contribution in [3.63, 3.8) is 0 Å². The van der Waals surface area contributed by atoms with Crippen LogP contribution < -0.4 is 0 Å². The number of hydrogen-bond acceptors (Lipinski definition) is 4. The summed E-state index contributed by atoms with van der Waals surface area (Å²) >= 11 is 0. The third-order valence-electron chi connectivity index (χ3n) is 7.06. The van der Waals surface area contributed by atoms with Gasteiger partial charge in [0.25, 0.3) is 0 Å². The smallest absolute Gasteiger partial charge is 0.182 e. The quantitative estimate of drug-likeness (QED) is 0.237. The van der Waals surface area contributed by atoms with Crippen LogP contribution in [0.1, 0.15) is 18.3 Å². The Morgan fingerprint density at radius 1 is 0.658 bits per heavy atom. The van der Waals surface area contributed by atoms with E-state index in [0.29, 0.717) is 5.82 Å². The minimum absolute atomic E-state index is 0.703. The zero-order valence-electron chi connectivity index (χ0n) is 21.3. The van der Waals surface area contributed by atoms with Gasteiger partial charge in [-0.3, -0.25) is 9.97 Å². The van der Waals surface area contributed by atoms with Crippen molar-refractivity contribution in [2.24, 2.45) is 0 Å². The van der Waals surface area contributed by atoms with Crippen LogP contribution in [-0.2, 0) is 6.42 Å². The highest BCUT2D eigenvalue weighted by atomic mass is 15.3. The van der Waals surface area contributed by atoms with Crippen molar-refractivity contribution in [2.75, 3.05) is 0 Å². The van der Waals surface area contributed by atoms with Gasteiger partial charge in [0.2, 0.25) is 0 Å². The molecule has 4 aromatic heterocycles. The topological polar surface area (TPSA) is 56.0 Å². The lowest BCUT2D eigenvalue weighted by Gasteiger charge is -2.12. The predicted molar refractivity (Wildman–Crippen MR) is 154 cm³/mol. The van der Waals surface area contributed by atoms with Crippen LogP contribution in [-0.4, -0.2) is 24.6 Å². The average Bonchev–Trinajstić information content (AvgIpc) is 3.41. The number of fused-ring (bicyclic) bond motifs is 4. The number of aromatic nitrogens is 5. The summed E-state index contributed by atoms with van der Waals surface area (Å²) in [5.74, 6) is 0.703. The fourth-order valence-electron chi connectivity index (χ4n) is 5.07. The third-order valence-corrected chi connectivity index (χ3v) is 7.06. The Kier molecular flexibility index (Phi) is 5.22. The van der Waals surface area contributed by atoms with Gasteiger partial charge in [0.15, 0.2) is 11.5 Å². The molecule has 3 aromatic carbocycles. The SMILES string of the molecule is CCc1cc(-c2cccc(-c3nc4ccc(-c5ccccc5)cn4n3)c2)c2ccc3ccc(C)nc3c2n1. The molecule has 0 aliphatic rings. The van der Waals surface area contributed by atoms with Gasteiger partial charge in [-0.1, -0.05) is 73.7 Å². The van der Waals surface area contributed by atoms with Crippen molar-refractivity contribution in [1.29, 1.82) is 0 Å². The first-order valence-electron chi connectivity index (χ1n) is 12.9. The fourth-order valence-corrected chi connectivity index (χ4v) is 5.07. The molecule has 0 aliphatic carbocycles. The number of rotatable bonds is 4. The molecule has 7 aromatic rings. The highest BCUT2D eigenvalue weighted by Crippen LogP contribution is 2.34. The van der Waals surface area contributed by atoms with Crippen LogP contribution in [0.25, 0.3) is 61.1 Å². The van der Waals surface area contributed by atoms with Crippen molar-refractivity contribution in [2.45, 2.75) is 20.3 Å². The Morgan fingerprint density at radius 2 is 1.47 bits per heavy atom. The standard InChI is InChI=1S/C33H25N5/c1-3-27-19-29(28-16-14-23-13-12-21(2)34-31(23)32(28)35-27)24-10-7-11-25(18-24)33-36-30-17-15-26(20-38(30)37-33)22-8-5-4-6-9-22/h4-20H,3H2,1-2H3. The maximum atomic E-state index is 5.00. The van der Waals surface area contributed by atoms with Crippen LogP contribution in [0.2, 0.25) is 0 Å². The van der Waals surface area contributed by atoms with Gasteiger partial charge in [-0.25, -0.2) is 9.50 Å². The Hall–Kier alpha value is -4.90. The molecule has 0 unspecified atom stereocenters. The van der Waals surface area contributed by atoms with Gasteiger partial charge in [-0.2, -0.15) is 0 Å². The highest BCUT2D eigenvalue weighted by molar-refractivity contribution is 6.08. The van der Waals surface area contributed by atoms with E-state index in [4.69, 9.17) is 20.1 Å². The van der Waals surface area contributed by atoms with Crippen molar-refractivity contribution in [1.82, 2.24) is 24.6 Å². The van der Waals surface area contributed by atoms with Crippen LogP contribution in [0.4, 0.5) is 0 Å². The summed E-state index contributed by atoms with van der Waals surface area (Å²) in [6.45, 7) is 4.17. The Morgan fingerprint density at radius 3 is 2.34 bits per heavy atom. The van der Waals surface area contributed by atoms with E-state index in [-0.39, 0.29) is 0 Å². The van der Waals surface area contributed by atoms with E-state index in [9.17, 15) is 0 Å². The molecule has 5 nitrogen and oxygen atoms in total. The van der Waals surface area contributed by atoms with E-state index in [0.717, 1.165) is 73.1 Å². The molecule has 0 N–H and O–H groups in total. The molecular weight excluding hydrogens is 466 g/mol. The predicted octanol–water partition coefficient (Wildman–Crippen LogP) is 7.70. The number of benzene rings is 3. The Labute approximate surface area is 220 Å². The van der Waals surface area contributed by atoms with Gasteiger partial charge in [-0.15, -0.1) is 5.10 Å². The lowest BCUT2D eigenvalue weighted by Crippen LogP contribution is -1.95. The van der Waals surface area contributed by atoms with E-state index in [1.54, 1.807) is 0 Å². The van der Waals surface area contributed by atoms with Crippen LogP contribution in [0.15, 0.2) is 103 Å². The molecule has 5 heteroatoms. The first-order chi connectivity index (χ1) is 18.7. The van der Waals surface area contributed by atoms with E-state index in [2.05, 4.69) is 73.7 Å². The van der Waals surface area contributed by atoms with Crippen molar-refractivity contribution in [3.05, 3.63) is 115 Å². The van der Waals surface area contributed by atoms with Crippen LogP contribution >= 0.6 is 0 Å². The third kappa shape index (κ3) is 3.80. The van der Waals surface area contributed by atoms with Crippen LogP contribution in [0, 0.1) is 6.92 Å². The average molecular weight is 492 g/mol. The molecule has 182 valence electrons. The summed E-state index contributed by atoms with van der Waals surface area (Å²) in [5, 5.41) is 7.04. The summed E-state index contributed by atoms with van der Waals surface area (Å²) in [6.07, 6.45) is 2.89. The second-order valence-corrected chi connectivity index (χ2v) is 9.60. The van der Waals surface area contributed by atoms with E-state index in [1.165, 1.54) is 0 Å². The molecule has 0 fully saturated rings. The number of pyridine rings is 3. The highest BCUT2D eigenvalue weighted by Gasteiger charge is 2.14. The molecule has 0 radical (unpaired) electrons.